The molecule has 0 fully saturated rings. The first kappa shape index (κ1) is 20.2. The Morgan fingerprint density at radius 1 is 1.06 bits per heavy atom. The van der Waals surface area contributed by atoms with E-state index in [4.69, 9.17) is 15.3 Å². The Morgan fingerprint density at radius 3 is 1.56 bits per heavy atom. The van der Waals surface area contributed by atoms with Crippen molar-refractivity contribution in [2.24, 2.45) is 0 Å². The molecule has 0 aromatic heterocycles. The SMILES string of the molecule is O=C(O)CC(CC(=O)O)(OS(=O)(=O)[O-])C(=O)O.[K+]. The summed E-state index contributed by atoms with van der Waals surface area (Å²) >= 11 is 0. The predicted octanol–water partition coefficient (Wildman–Crippen LogP) is -4.76. The molecule has 0 aliphatic rings. The van der Waals surface area contributed by atoms with Gasteiger partial charge in [0.2, 0.25) is 16.0 Å². The number of hydrogen-bond acceptors (Lipinski definition) is 7. The van der Waals surface area contributed by atoms with E-state index in [0.29, 0.717) is 0 Å². The minimum atomic E-state index is -5.58. The Kier molecular flexibility index (Phi) is 8.42. The number of aliphatic carboxylic acids is 3. The van der Waals surface area contributed by atoms with Gasteiger partial charge in [-0.25, -0.2) is 13.2 Å². The average molecular weight is 310 g/mol. The minimum absolute atomic E-state index is 0. The van der Waals surface area contributed by atoms with Crippen LogP contribution in [0.25, 0.3) is 0 Å². The van der Waals surface area contributed by atoms with Gasteiger partial charge in [-0.05, 0) is 0 Å². The molecule has 3 N–H and O–H groups in total. The monoisotopic (exact) mass is 310 g/mol. The van der Waals surface area contributed by atoms with Gasteiger partial charge in [0.25, 0.3) is 0 Å². The van der Waals surface area contributed by atoms with Crippen LogP contribution in [0, 0.1) is 0 Å². The molecule has 0 saturated carbocycles. The molecule has 0 atom stereocenters. The third-order valence-electron chi connectivity index (χ3n) is 1.52. The molecule has 0 radical (unpaired) electrons. The molecule has 0 aliphatic heterocycles. The molecule has 12 heteroatoms. The molecule has 0 bridgehead atoms. The molecule has 0 aromatic rings. The van der Waals surface area contributed by atoms with E-state index in [0.717, 1.165) is 0 Å². The smallest absolute Gasteiger partial charge is 0.725 e. The first-order valence-corrected chi connectivity index (χ1v) is 5.15. The van der Waals surface area contributed by atoms with Crippen LogP contribution in [-0.2, 0) is 29.0 Å². The van der Waals surface area contributed by atoms with Crippen LogP contribution in [0.4, 0.5) is 0 Å². The third kappa shape index (κ3) is 7.37. The summed E-state index contributed by atoms with van der Waals surface area (Å²) in [5.74, 6) is -5.85. The fraction of sp³-hybridized carbons (Fsp3) is 0.500. The van der Waals surface area contributed by atoms with Gasteiger partial charge in [-0.2, -0.15) is 0 Å². The zero-order chi connectivity index (χ0) is 13.9. The first-order valence-electron chi connectivity index (χ1n) is 3.82. The maximum Gasteiger partial charge on any atom is 1.00 e. The van der Waals surface area contributed by atoms with Crippen molar-refractivity contribution < 1.29 is 98.2 Å². The maximum atomic E-state index is 10.7. The Balaban J connectivity index is 0. The van der Waals surface area contributed by atoms with Crippen molar-refractivity contribution in [2.75, 3.05) is 0 Å². The van der Waals surface area contributed by atoms with Crippen molar-refractivity contribution >= 4 is 28.3 Å². The summed E-state index contributed by atoms with van der Waals surface area (Å²) in [5, 5.41) is 25.4. The number of rotatable bonds is 7. The second kappa shape index (κ2) is 7.49. The first-order chi connectivity index (χ1) is 7.48. The summed E-state index contributed by atoms with van der Waals surface area (Å²) in [4.78, 5) is 31.4. The normalized spacial score (nSPS) is 11.4. The van der Waals surface area contributed by atoms with E-state index < -0.39 is 46.7 Å². The van der Waals surface area contributed by atoms with Gasteiger partial charge in [0.1, 0.15) is 0 Å². The Morgan fingerprint density at radius 2 is 1.39 bits per heavy atom. The van der Waals surface area contributed by atoms with Gasteiger partial charge in [0.05, 0.1) is 12.8 Å². The topological polar surface area (TPSA) is 178 Å². The Bertz CT molecular complexity index is 423. The average Bonchev–Trinajstić information content (AvgIpc) is 1.96. The van der Waals surface area contributed by atoms with Crippen LogP contribution in [0.2, 0.25) is 0 Å². The molecule has 0 amide bonds. The summed E-state index contributed by atoms with van der Waals surface area (Å²) in [6, 6.07) is 0. The summed E-state index contributed by atoms with van der Waals surface area (Å²) in [7, 11) is -5.58. The van der Waals surface area contributed by atoms with Crippen LogP contribution >= 0.6 is 0 Å². The number of carboxylic acid groups (broad SMARTS) is 3. The Hall–Kier alpha value is -0.0836. The van der Waals surface area contributed by atoms with Crippen molar-refractivity contribution in [1.82, 2.24) is 0 Å². The van der Waals surface area contributed by atoms with E-state index in [9.17, 15) is 27.4 Å². The fourth-order valence-corrected chi connectivity index (χ4v) is 1.57. The molecular formula is C6H7KO10S. The number of carboxylic acids is 3. The van der Waals surface area contributed by atoms with Gasteiger partial charge < -0.3 is 19.9 Å². The van der Waals surface area contributed by atoms with Crippen LogP contribution in [0.15, 0.2) is 0 Å². The standard InChI is InChI=1S/C6H8O10S.K/c7-3(8)1-6(5(11)12,2-4(9)10)16-17(13,14)15;/h1-2H2,(H,7,8)(H,9,10)(H,11,12)(H,13,14,15);/q;+1/p-1. The summed E-state index contributed by atoms with van der Waals surface area (Å²) in [6.07, 6.45) is -2.98. The van der Waals surface area contributed by atoms with Crippen molar-refractivity contribution in [2.45, 2.75) is 18.4 Å². The van der Waals surface area contributed by atoms with E-state index in [-0.39, 0.29) is 51.4 Å². The molecule has 0 rings (SSSR count). The van der Waals surface area contributed by atoms with Crippen molar-refractivity contribution in [3.05, 3.63) is 0 Å². The summed E-state index contributed by atoms with van der Waals surface area (Å²) in [5.41, 5.74) is -3.15. The van der Waals surface area contributed by atoms with Crippen molar-refractivity contribution in [1.29, 1.82) is 0 Å². The number of carbonyl (C=O) groups is 3. The zero-order valence-corrected chi connectivity index (χ0v) is 13.0. The quantitative estimate of drug-likeness (QED) is 0.235. The largest absolute Gasteiger partial charge is 1.00 e. The molecular weight excluding hydrogens is 303 g/mol. The van der Waals surface area contributed by atoms with Crippen molar-refractivity contribution in [3.63, 3.8) is 0 Å². The van der Waals surface area contributed by atoms with E-state index in [2.05, 4.69) is 4.18 Å². The van der Waals surface area contributed by atoms with Gasteiger partial charge in [-0.1, -0.05) is 0 Å². The minimum Gasteiger partial charge on any atom is -0.725 e. The van der Waals surface area contributed by atoms with Crippen LogP contribution in [-0.4, -0.2) is 51.8 Å². The molecule has 0 aromatic carbocycles. The molecule has 18 heavy (non-hydrogen) atoms. The zero-order valence-electron chi connectivity index (χ0n) is 9.02. The van der Waals surface area contributed by atoms with Crippen LogP contribution in [0.3, 0.4) is 0 Å². The van der Waals surface area contributed by atoms with Crippen molar-refractivity contribution in [3.8, 4) is 0 Å². The second-order valence-electron chi connectivity index (χ2n) is 2.93. The molecule has 98 valence electrons. The number of hydrogen-bond donors (Lipinski definition) is 3. The van der Waals surface area contributed by atoms with E-state index in [1.165, 1.54) is 0 Å². The summed E-state index contributed by atoms with van der Waals surface area (Å²) in [6.45, 7) is 0. The van der Waals surface area contributed by atoms with Gasteiger partial charge in [0.15, 0.2) is 0 Å². The maximum absolute atomic E-state index is 10.7. The third-order valence-corrected chi connectivity index (χ3v) is 2.05. The molecule has 0 heterocycles. The second-order valence-corrected chi connectivity index (χ2v) is 3.92. The molecule has 0 saturated heterocycles. The van der Waals surface area contributed by atoms with Crippen LogP contribution in [0.1, 0.15) is 12.8 Å². The molecule has 0 unspecified atom stereocenters. The predicted molar refractivity (Wildman–Crippen MR) is 45.7 cm³/mol. The van der Waals surface area contributed by atoms with Gasteiger partial charge in [-0.15, -0.1) is 0 Å². The molecule has 0 aliphatic carbocycles. The van der Waals surface area contributed by atoms with Gasteiger partial charge >= 0.3 is 69.3 Å². The van der Waals surface area contributed by atoms with E-state index in [1.54, 1.807) is 0 Å². The molecule has 10 nitrogen and oxygen atoms in total. The Labute approximate surface area is 143 Å². The fourth-order valence-electron chi connectivity index (χ4n) is 0.992. The van der Waals surface area contributed by atoms with E-state index in [1.807, 2.05) is 0 Å². The van der Waals surface area contributed by atoms with E-state index >= 15 is 0 Å². The van der Waals surface area contributed by atoms with Gasteiger partial charge in [0, 0.05) is 0 Å². The van der Waals surface area contributed by atoms with Gasteiger partial charge in [-0.3, -0.25) is 13.8 Å². The van der Waals surface area contributed by atoms with Crippen LogP contribution < -0.4 is 51.4 Å². The van der Waals surface area contributed by atoms with Crippen LogP contribution in [0.5, 0.6) is 0 Å². The summed E-state index contributed by atoms with van der Waals surface area (Å²) < 4.78 is 34.4. The molecule has 0 spiro atoms.